The van der Waals surface area contributed by atoms with Gasteiger partial charge in [-0.25, -0.2) is 18.2 Å². The minimum Gasteiger partial charge on any atom is -0.326 e. The lowest BCUT2D eigenvalue weighted by Crippen LogP contribution is -2.12. The molecule has 28 heavy (non-hydrogen) atoms. The van der Waals surface area contributed by atoms with Crippen molar-refractivity contribution in [3.05, 3.63) is 64.8 Å². The number of nitrogens with zero attached hydrogens (tertiary/aromatic N) is 2. The molecule has 148 valence electrons. The zero-order chi connectivity index (χ0) is 20.7. The second-order valence-electron chi connectivity index (χ2n) is 5.87. The van der Waals surface area contributed by atoms with Gasteiger partial charge in [-0.3, -0.25) is 0 Å². The third kappa shape index (κ3) is 4.04. The number of hydrogen-bond donors (Lipinski definition) is 2. The van der Waals surface area contributed by atoms with E-state index >= 15 is 0 Å². The first-order chi connectivity index (χ1) is 13.0. The lowest BCUT2D eigenvalue weighted by atomic mass is 10.0. The summed E-state index contributed by atoms with van der Waals surface area (Å²) in [6.07, 6.45) is -4.67. The number of sulfonamides is 1. The summed E-state index contributed by atoms with van der Waals surface area (Å²) in [5.41, 5.74) is 5.92. The second kappa shape index (κ2) is 7.21. The monoisotopic (exact) mass is 430 g/mol. The van der Waals surface area contributed by atoms with Crippen LogP contribution in [0.2, 0.25) is 5.02 Å². The Morgan fingerprint density at radius 2 is 1.71 bits per heavy atom. The molecule has 0 saturated carbocycles. The standard InChI is InChI=1S/C17H14ClF3N4O2S/c18-11-1-6-14(10(7-11)9-22)15-8-16(17(19,20)21)24-25(15)12-2-4-13(5-3-12)28(23,26)27/h1-8H,9,22H2,(H2,23,26,27). The molecule has 0 spiro atoms. The van der Waals surface area contributed by atoms with E-state index in [0.717, 1.165) is 10.7 Å². The Hall–Kier alpha value is -2.40. The number of hydrogen-bond acceptors (Lipinski definition) is 4. The average Bonchev–Trinajstić information content (AvgIpc) is 3.06. The highest BCUT2D eigenvalue weighted by Crippen LogP contribution is 2.35. The van der Waals surface area contributed by atoms with Gasteiger partial charge in [-0.05, 0) is 48.0 Å². The smallest absolute Gasteiger partial charge is 0.326 e. The molecular formula is C17H14ClF3N4O2S. The summed E-state index contributed by atoms with van der Waals surface area (Å²) >= 11 is 5.95. The lowest BCUT2D eigenvalue weighted by Gasteiger charge is -2.12. The highest BCUT2D eigenvalue weighted by Gasteiger charge is 2.35. The van der Waals surface area contributed by atoms with Gasteiger partial charge in [0, 0.05) is 17.1 Å². The van der Waals surface area contributed by atoms with E-state index in [1.54, 1.807) is 12.1 Å². The molecule has 1 heterocycles. The number of aromatic nitrogens is 2. The van der Waals surface area contributed by atoms with Crippen molar-refractivity contribution in [1.82, 2.24) is 9.78 Å². The van der Waals surface area contributed by atoms with E-state index in [0.29, 0.717) is 16.1 Å². The van der Waals surface area contributed by atoms with Crippen molar-refractivity contribution in [3.63, 3.8) is 0 Å². The van der Waals surface area contributed by atoms with Crippen LogP contribution in [0, 0.1) is 0 Å². The Labute approximate surface area is 163 Å². The van der Waals surface area contributed by atoms with E-state index in [1.807, 2.05) is 0 Å². The molecule has 0 unspecified atom stereocenters. The van der Waals surface area contributed by atoms with E-state index in [9.17, 15) is 21.6 Å². The van der Waals surface area contributed by atoms with Crippen LogP contribution in [0.1, 0.15) is 11.3 Å². The fourth-order valence-electron chi connectivity index (χ4n) is 2.67. The van der Waals surface area contributed by atoms with Crippen LogP contribution in [0.25, 0.3) is 16.9 Å². The van der Waals surface area contributed by atoms with Crippen LogP contribution in [0.3, 0.4) is 0 Å². The summed E-state index contributed by atoms with van der Waals surface area (Å²) < 4.78 is 63.7. The summed E-state index contributed by atoms with van der Waals surface area (Å²) in [5.74, 6) is 0. The summed E-state index contributed by atoms with van der Waals surface area (Å²) in [6, 6.07) is 10.6. The van der Waals surface area contributed by atoms with Gasteiger partial charge in [0.2, 0.25) is 10.0 Å². The zero-order valence-corrected chi connectivity index (χ0v) is 15.7. The van der Waals surface area contributed by atoms with Crippen molar-refractivity contribution in [2.45, 2.75) is 17.6 Å². The maximum Gasteiger partial charge on any atom is 0.435 e. The molecule has 0 fully saturated rings. The Kier molecular flexibility index (Phi) is 5.24. The van der Waals surface area contributed by atoms with Crippen molar-refractivity contribution in [1.29, 1.82) is 0 Å². The summed E-state index contributed by atoms with van der Waals surface area (Å²) in [6.45, 7) is 0.0484. The Morgan fingerprint density at radius 3 is 2.25 bits per heavy atom. The van der Waals surface area contributed by atoms with E-state index in [4.69, 9.17) is 22.5 Å². The Morgan fingerprint density at radius 1 is 1.07 bits per heavy atom. The second-order valence-corrected chi connectivity index (χ2v) is 7.87. The van der Waals surface area contributed by atoms with Crippen LogP contribution in [0.15, 0.2) is 53.4 Å². The Bertz CT molecular complexity index is 1130. The normalized spacial score (nSPS) is 12.4. The SMILES string of the molecule is NCc1cc(Cl)ccc1-c1cc(C(F)(F)F)nn1-c1ccc(S(N)(=O)=O)cc1. The first kappa shape index (κ1) is 20.3. The van der Waals surface area contributed by atoms with Crippen LogP contribution in [0.5, 0.6) is 0 Å². The van der Waals surface area contributed by atoms with Gasteiger partial charge in [0.1, 0.15) is 0 Å². The summed E-state index contributed by atoms with van der Waals surface area (Å²) in [5, 5.41) is 9.10. The van der Waals surface area contributed by atoms with Gasteiger partial charge in [-0.2, -0.15) is 18.3 Å². The molecular weight excluding hydrogens is 417 g/mol. The molecule has 0 aliphatic rings. The van der Waals surface area contributed by atoms with Crippen LogP contribution in [-0.4, -0.2) is 18.2 Å². The maximum absolute atomic E-state index is 13.3. The van der Waals surface area contributed by atoms with Gasteiger partial charge in [0.05, 0.1) is 16.3 Å². The molecule has 0 aliphatic carbocycles. The van der Waals surface area contributed by atoms with Gasteiger partial charge in [-0.1, -0.05) is 17.7 Å². The van der Waals surface area contributed by atoms with Crippen molar-refractivity contribution < 1.29 is 21.6 Å². The Balaban J connectivity index is 2.23. The molecule has 0 bridgehead atoms. The first-order valence-electron chi connectivity index (χ1n) is 7.80. The summed E-state index contributed by atoms with van der Waals surface area (Å²) in [7, 11) is -3.94. The largest absolute Gasteiger partial charge is 0.435 e. The highest BCUT2D eigenvalue weighted by atomic mass is 35.5. The minimum atomic E-state index is -4.67. The predicted molar refractivity (Wildman–Crippen MR) is 98.3 cm³/mol. The predicted octanol–water partition coefficient (Wildman–Crippen LogP) is 3.32. The van der Waals surface area contributed by atoms with Crippen molar-refractivity contribution >= 4 is 21.6 Å². The number of rotatable bonds is 4. The van der Waals surface area contributed by atoms with Crippen molar-refractivity contribution in [3.8, 4) is 16.9 Å². The van der Waals surface area contributed by atoms with Gasteiger partial charge >= 0.3 is 6.18 Å². The molecule has 0 saturated heterocycles. The number of halogens is 4. The number of alkyl halides is 3. The highest BCUT2D eigenvalue weighted by molar-refractivity contribution is 7.89. The molecule has 3 rings (SSSR count). The first-order valence-corrected chi connectivity index (χ1v) is 9.72. The molecule has 0 amide bonds. The number of nitrogens with two attached hydrogens (primary N) is 2. The van der Waals surface area contributed by atoms with Crippen LogP contribution >= 0.6 is 11.6 Å². The molecule has 4 N–H and O–H groups in total. The fraction of sp³-hybridized carbons (Fsp3) is 0.118. The topological polar surface area (TPSA) is 104 Å². The third-order valence-corrected chi connectivity index (χ3v) is 5.14. The van der Waals surface area contributed by atoms with Crippen LogP contribution < -0.4 is 10.9 Å². The molecule has 6 nitrogen and oxygen atoms in total. The van der Waals surface area contributed by atoms with Crippen LogP contribution in [0.4, 0.5) is 13.2 Å². The average molecular weight is 431 g/mol. The maximum atomic E-state index is 13.3. The number of primary sulfonamides is 1. The van der Waals surface area contributed by atoms with Gasteiger partial charge in [-0.15, -0.1) is 0 Å². The van der Waals surface area contributed by atoms with E-state index in [2.05, 4.69) is 5.10 Å². The zero-order valence-electron chi connectivity index (χ0n) is 14.1. The molecule has 11 heteroatoms. The molecule has 1 aromatic heterocycles. The molecule has 2 aromatic carbocycles. The molecule has 0 radical (unpaired) electrons. The van der Waals surface area contributed by atoms with E-state index in [-0.39, 0.29) is 22.8 Å². The quantitative estimate of drug-likeness (QED) is 0.662. The van der Waals surface area contributed by atoms with Gasteiger partial charge in [0.15, 0.2) is 5.69 Å². The van der Waals surface area contributed by atoms with Crippen LogP contribution in [-0.2, 0) is 22.7 Å². The lowest BCUT2D eigenvalue weighted by molar-refractivity contribution is -0.141. The third-order valence-electron chi connectivity index (χ3n) is 3.97. The van der Waals surface area contributed by atoms with Crippen molar-refractivity contribution in [2.75, 3.05) is 0 Å². The van der Waals surface area contributed by atoms with Crippen molar-refractivity contribution in [2.24, 2.45) is 10.9 Å². The van der Waals surface area contributed by atoms with E-state index in [1.165, 1.54) is 30.3 Å². The molecule has 0 atom stereocenters. The van der Waals surface area contributed by atoms with Gasteiger partial charge in [0.25, 0.3) is 0 Å². The van der Waals surface area contributed by atoms with Gasteiger partial charge < -0.3 is 5.73 Å². The molecule has 3 aromatic rings. The van der Waals surface area contributed by atoms with E-state index < -0.39 is 21.9 Å². The molecule has 0 aliphatic heterocycles. The fourth-order valence-corrected chi connectivity index (χ4v) is 3.38. The summed E-state index contributed by atoms with van der Waals surface area (Å²) in [4.78, 5) is -0.171. The minimum absolute atomic E-state index is 0.0484. The number of benzene rings is 2.